The first-order valence-electron chi connectivity index (χ1n) is 39.3. The molecular formula is C76H148O17P2. The number of ether oxygens (including phenoxy) is 4. The number of hydrogen-bond donors (Lipinski definition) is 3. The van der Waals surface area contributed by atoms with Gasteiger partial charge >= 0.3 is 39.5 Å². The minimum atomic E-state index is -4.96. The Labute approximate surface area is 581 Å². The first-order valence-corrected chi connectivity index (χ1v) is 42.3. The van der Waals surface area contributed by atoms with Gasteiger partial charge < -0.3 is 33.8 Å². The fourth-order valence-corrected chi connectivity index (χ4v) is 13.2. The van der Waals surface area contributed by atoms with Gasteiger partial charge in [0.25, 0.3) is 0 Å². The zero-order valence-corrected chi connectivity index (χ0v) is 63.9. The molecular weight excluding hydrogens is 1250 g/mol. The second kappa shape index (κ2) is 66.6. The number of unbranched alkanes of at least 4 members (excludes halogenated alkanes) is 42. The van der Waals surface area contributed by atoms with Crippen LogP contribution >= 0.6 is 15.6 Å². The van der Waals surface area contributed by atoms with Gasteiger partial charge in [0.05, 0.1) is 26.4 Å². The molecule has 3 N–H and O–H groups in total. The number of carbonyl (C=O) groups is 4. The lowest BCUT2D eigenvalue weighted by atomic mass is 10.0. The van der Waals surface area contributed by atoms with Crippen LogP contribution < -0.4 is 0 Å². The van der Waals surface area contributed by atoms with Crippen molar-refractivity contribution in [2.24, 2.45) is 17.8 Å². The van der Waals surface area contributed by atoms with Crippen LogP contribution in [0.4, 0.5) is 0 Å². The van der Waals surface area contributed by atoms with Gasteiger partial charge in [-0.2, -0.15) is 0 Å². The molecule has 95 heavy (non-hydrogen) atoms. The van der Waals surface area contributed by atoms with Crippen LogP contribution in [0.25, 0.3) is 0 Å². The average molecular weight is 1400 g/mol. The van der Waals surface area contributed by atoms with E-state index in [9.17, 15) is 43.2 Å². The first kappa shape index (κ1) is 93.1. The molecule has 0 aromatic heterocycles. The maximum atomic E-state index is 13.1. The zero-order valence-electron chi connectivity index (χ0n) is 62.1. The highest BCUT2D eigenvalue weighted by Gasteiger charge is 2.30. The molecule has 0 heterocycles. The van der Waals surface area contributed by atoms with Gasteiger partial charge in [0.1, 0.15) is 19.3 Å². The van der Waals surface area contributed by atoms with Crippen molar-refractivity contribution in [3.8, 4) is 0 Å². The molecule has 17 nitrogen and oxygen atoms in total. The van der Waals surface area contributed by atoms with Gasteiger partial charge in [-0.3, -0.25) is 37.3 Å². The molecule has 2 unspecified atom stereocenters. The Bertz CT molecular complexity index is 1850. The largest absolute Gasteiger partial charge is 0.472 e. The van der Waals surface area contributed by atoms with E-state index < -0.39 is 97.5 Å². The van der Waals surface area contributed by atoms with E-state index in [0.29, 0.717) is 31.6 Å². The van der Waals surface area contributed by atoms with Crippen molar-refractivity contribution in [2.75, 3.05) is 39.6 Å². The highest BCUT2D eigenvalue weighted by Crippen LogP contribution is 2.45. The standard InChI is InChI=1S/C76H148O17P2/c1-8-9-10-11-12-13-14-15-19-24-30-37-45-52-59-76(81)93-72(64-87-74(79)58-51-44-39-32-35-42-49-56-69(6)7)66-91-95(84,85)89-62-70(77)61-88-94(82,83)90-65-71(63-86-73(78)57-50-43-36-29-26-21-23-28-34-41-48-55-68(4)5)92-75(80)60-53-46-38-31-25-20-17-16-18-22-27-33-40-47-54-67(2)3/h67-72,77H,8-66H2,1-7H3,(H,82,83)(H,84,85)/t70-,71-,72-/m1/s1. The average Bonchev–Trinajstić information content (AvgIpc) is 2.62. The molecule has 0 aliphatic heterocycles. The summed E-state index contributed by atoms with van der Waals surface area (Å²) >= 11 is 0. The Morgan fingerprint density at radius 2 is 0.484 bits per heavy atom. The monoisotopic (exact) mass is 1400 g/mol. The van der Waals surface area contributed by atoms with E-state index in [1.807, 2.05) is 0 Å². The van der Waals surface area contributed by atoms with Crippen molar-refractivity contribution >= 4 is 39.5 Å². The smallest absolute Gasteiger partial charge is 0.462 e. The zero-order chi connectivity index (χ0) is 70.1. The third-order valence-corrected chi connectivity index (χ3v) is 19.5. The molecule has 0 radical (unpaired) electrons. The number of aliphatic hydroxyl groups is 1. The molecule has 0 aromatic rings. The molecule has 0 fully saturated rings. The van der Waals surface area contributed by atoms with Crippen molar-refractivity contribution in [1.29, 1.82) is 0 Å². The summed E-state index contributed by atoms with van der Waals surface area (Å²) in [6, 6.07) is 0. The van der Waals surface area contributed by atoms with Crippen molar-refractivity contribution < 1.29 is 80.2 Å². The Morgan fingerprint density at radius 3 is 0.716 bits per heavy atom. The van der Waals surface area contributed by atoms with Gasteiger partial charge in [0.15, 0.2) is 12.2 Å². The molecule has 564 valence electrons. The Morgan fingerprint density at radius 1 is 0.284 bits per heavy atom. The lowest BCUT2D eigenvalue weighted by Gasteiger charge is -2.21. The lowest BCUT2D eigenvalue weighted by Crippen LogP contribution is -2.30. The minimum Gasteiger partial charge on any atom is -0.462 e. The highest BCUT2D eigenvalue weighted by molar-refractivity contribution is 7.47. The van der Waals surface area contributed by atoms with Crippen LogP contribution in [0.15, 0.2) is 0 Å². The van der Waals surface area contributed by atoms with Gasteiger partial charge in [-0.25, -0.2) is 9.13 Å². The van der Waals surface area contributed by atoms with Gasteiger partial charge in [0.2, 0.25) is 0 Å². The molecule has 0 aliphatic carbocycles. The number of esters is 4. The predicted molar refractivity (Wildman–Crippen MR) is 386 cm³/mol. The van der Waals surface area contributed by atoms with Gasteiger partial charge in [0, 0.05) is 25.7 Å². The summed E-state index contributed by atoms with van der Waals surface area (Å²) in [5.41, 5.74) is 0. The van der Waals surface area contributed by atoms with Crippen LogP contribution in [0.2, 0.25) is 0 Å². The molecule has 0 aliphatic rings. The number of hydrogen-bond acceptors (Lipinski definition) is 15. The summed E-state index contributed by atoms with van der Waals surface area (Å²) in [6.45, 7) is 11.9. The fraction of sp³-hybridized carbons (Fsp3) is 0.947. The summed E-state index contributed by atoms with van der Waals surface area (Å²) in [7, 11) is -9.91. The first-order chi connectivity index (χ1) is 45.7. The van der Waals surface area contributed by atoms with Crippen LogP contribution in [-0.2, 0) is 65.4 Å². The molecule has 0 rings (SSSR count). The van der Waals surface area contributed by atoms with E-state index in [1.165, 1.54) is 193 Å². The quantitative estimate of drug-likeness (QED) is 0.0222. The number of phosphoric ester groups is 2. The predicted octanol–water partition coefficient (Wildman–Crippen LogP) is 22.2. The van der Waals surface area contributed by atoms with Gasteiger partial charge in [-0.1, -0.05) is 337 Å². The SMILES string of the molecule is CCCCCCCCCCCCCCCCC(=O)O[C@H](COC(=O)CCCCCCCCCC(C)C)COP(=O)(O)OC[C@H](O)COP(=O)(O)OC[C@@H](COC(=O)CCCCCCCCCCCCCC(C)C)OC(=O)CCCCCCCCCCCCCCCCC(C)C. The maximum absolute atomic E-state index is 13.1. The van der Waals surface area contributed by atoms with Crippen LogP contribution in [0, 0.1) is 17.8 Å². The van der Waals surface area contributed by atoms with E-state index in [-0.39, 0.29) is 25.7 Å². The van der Waals surface area contributed by atoms with E-state index in [0.717, 1.165) is 108 Å². The fourth-order valence-electron chi connectivity index (χ4n) is 11.6. The van der Waals surface area contributed by atoms with Crippen LogP contribution in [-0.4, -0.2) is 96.7 Å². The van der Waals surface area contributed by atoms with Crippen molar-refractivity contribution in [1.82, 2.24) is 0 Å². The summed E-state index contributed by atoms with van der Waals surface area (Å²) in [4.78, 5) is 72.8. The second-order valence-corrected chi connectivity index (χ2v) is 31.7. The number of carbonyl (C=O) groups excluding carboxylic acids is 4. The Kier molecular flexibility index (Phi) is 65.2. The molecule has 0 saturated carbocycles. The molecule has 0 saturated heterocycles. The summed E-state index contributed by atoms with van der Waals surface area (Å²) in [6.07, 6.45) is 52.7. The van der Waals surface area contributed by atoms with Crippen LogP contribution in [0.5, 0.6) is 0 Å². The minimum absolute atomic E-state index is 0.107. The summed E-state index contributed by atoms with van der Waals surface area (Å²) in [5, 5.41) is 10.6. The summed E-state index contributed by atoms with van der Waals surface area (Å²) < 4.78 is 68.5. The van der Waals surface area contributed by atoms with Gasteiger partial charge in [-0.15, -0.1) is 0 Å². The van der Waals surface area contributed by atoms with E-state index >= 15 is 0 Å². The molecule has 5 atom stereocenters. The molecule has 0 amide bonds. The second-order valence-electron chi connectivity index (χ2n) is 28.8. The number of phosphoric acid groups is 2. The van der Waals surface area contributed by atoms with Crippen molar-refractivity contribution in [3.63, 3.8) is 0 Å². The number of rotatable bonds is 74. The van der Waals surface area contributed by atoms with Gasteiger partial charge in [-0.05, 0) is 43.4 Å². The van der Waals surface area contributed by atoms with Crippen LogP contribution in [0.3, 0.4) is 0 Å². The normalized spacial score (nSPS) is 14.1. The maximum Gasteiger partial charge on any atom is 0.472 e. The summed E-state index contributed by atoms with van der Waals surface area (Å²) in [5.74, 6) is 0.154. The highest BCUT2D eigenvalue weighted by atomic mass is 31.2. The van der Waals surface area contributed by atoms with E-state index in [1.54, 1.807) is 0 Å². The van der Waals surface area contributed by atoms with Crippen LogP contribution in [0.1, 0.15) is 389 Å². The Hall–Kier alpha value is -1.94. The van der Waals surface area contributed by atoms with Crippen molar-refractivity contribution in [2.45, 2.75) is 407 Å². The topological polar surface area (TPSA) is 237 Å². The lowest BCUT2D eigenvalue weighted by molar-refractivity contribution is -0.161. The molecule has 0 spiro atoms. The molecule has 0 bridgehead atoms. The van der Waals surface area contributed by atoms with E-state index in [4.69, 9.17) is 37.0 Å². The third-order valence-electron chi connectivity index (χ3n) is 17.6. The molecule has 19 heteroatoms. The Balaban J connectivity index is 5.25. The van der Waals surface area contributed by atoms with Crippen molar-refractivity contribution in [3.05, 3.63) is 0 Å². The molecule has 0 aromatic carbocycles. The third kappa shape index (κ3) is 70.3. The number of aliphatic hydroxyl groups excluding tert-OH is 1. The van der Waals surface area contributed by atoms with E-state index in [2.05, 4.69) is 48.5 Å².